The first-order valence-corrected chi connectivity index (χ1v) is 10.4. The van der Waals surface area contributed by atoms with Crippen LogP contribution in [0.2, 0.25) is 0 Å². The summed E-state index contributed by atoms with van der Waals surface area (Å²) in [6.45, 7) is 13.5. The smallest absolute Gasteiger partial charge is 0.126 e. The Morgan fingerprint density at radius 2 is 1.93 bits per heavy atom. The summed E-state index contributed by atoms with van der Waals surface area (Å²) in [5, 5.41) is 0. The summed E-state index contributed by atoms with van der Waals surface area (Å²) in [5.41, 5.74) is 4.31. The molecule has 0 aliphatic heterocycles. The first-order valence-electron chi connectivity index (χ1n) is 10.4. The molecular formula is C25H38FN. The van der Waals surface area contributed by atoms with Gasteiger partial charge in [0.2, 0.25) is 0 Å². The summed E-state index contributed by atoms with van der Waals surface area (Å²) in [6, 6.07) is 0. The summed E-state index contributed by atoms with van der Waals surface area (Å²) in [5.74, 6) is -0.136. The Labute approximate surface area is 166 Å². The Kier molecular flexibility index (Phi) is 10.3. The summed E-state index contributed by atoms with van der Waals surface area (Å²) in [6.07, 6.45) is 18.4. The van der Waals surface area contributed by atoms with Crippen LogP contribution in [0.5, 0.6) is 0 Å². The molecule has 1 aliphatic carbocycles. The molecule has 1 rings (SSSR count). The van der Waals surface area contributed by atoms with E-state index in [-0.39, 0.29) is 11.2 Å². The molecule has 0 atom stereocenters. The normalized spacial score (nSPS) is 19.6. The summed E-state index contributed by atoms with van der Waals surface area (Å²) < 4.78 is 14.7. The minimum absolute atomic E-state index is 0.0611. The molecule has 0 N–H and O–H groups in total. The molecule has 1 aliphatic rings. The maximum atomic E-state index is 14.7. The molecule has 0 bridgehead atoms. The first-order chi connectivity index (χ1) is 12.8. The number of hydrogen-bond acceptors (Lipinski definition) is 1. The predicted octanol–water partition coefficient (Wildman–Crippen LogP) is 8.08. The molecule has 0 heterocycles. The highest BCUT2D eigenvalue weighted by Crippen LogP contribution is 2.41. The lowest BCUT2D eigenvalue weighted by Crippen LogP contribution is -2.19. The molecule has 2 heteroatoms. The van der Waals surface area contributed by atoms with E-state index in [1.807, 2.05) is 44.4 Å². The molecule has 0 aromatic rings. The van der Waals surface area contributed by atoms with Crippen LogP contribution in [0.1, 0.15) is 80.1 Å². The summed E-state index contributed by atoms with van der Waals surface area (Å²) >= 11 is 0. The van der Waals surface area contributed by atoms with E-state index in [4.69, 9.17) is 0 Å². The number of unbranched alkanes of at least 4 members (excludes halogenated alkanes) is 2. The number of rotatable bonds is 9. The lowest BCUT2D eigenvalue weighted by atomic mass is 9.72. The van der Waals surface area contributed by atoms with Crippen LogP contribution in [0.25, 0.3) is 0 Å². The lowest BCUT2D eigenvalue weighted by Gasteiger charge is -2.33. The average molecular weight is 372 g/mol. The fraction of sp³-hybridized carbons (Fsp3) is 0.560. The van der Waals surface area contributed by atoms with E-state index in [9.17, 15) is 4.39 Å². The van der Waals surface area contributed by atoms with Gasteiger partial charge in [-0.2, -0.15) is 0 Å². The van der Waals surface area contributed by atoms with Gasteiger partial charge in [0.15, 0.2) is 0 Å². The van der Waals surface area contributed by atoms with Gasteiger partial charge >= 0.3 is 0 Å². The van der Waals surface area contributed by atoms with Crippen molar-refractivity contribution in [1.82, 2.24) is 0 Å². The van der Waals surface area contributed by atoms with Gasteiger partial charge in [-0.15, -0.1) is 0 Å². The van der Waals surface area contributed by atoms with Crippen molar-refractivity contribution in [1.29, 1.82) is 0 Å². The quantitative estimate of drug-likeness (QED) is 0.221. The van der Waals surface area contributed by atoms with Gasteiger partial charge in [0, 0.05) is 12.8 Å². The van der Waals surface area contributed by atoms with Crippen LogP contribution < -0.4 is 0 Å². The third-order valence-electron chi connectivity index (χ3n) is 5.23. The molecule has 0 unspecified atom stereocenters. The lowest BCUT2D eigenvalue weighted by molar-refractivity contribution is 0.375. The van der Waals surface area contributed by atoms with Gasteiger partial charge in [-0.25, -0.2) is 4.39 Å². The number of halogens is 1. The van der Waals surface area contributed by atoms with Crippen molar-refractivity contribution in [2.24, 2.45) is 10.4 Å². The SMILES string of the molecule is CCCCCN=C/C=C(C)/C=C/C=C(C)\C(F)=C/C1=C(C)CCCC1(C)C. The van der Waals surface area contributed by atoms with Crippen molar-refractivity contribution >= 4 is 6.21 Å². The van der Waals surface area contributed by atoms with E-state index in [1.165, 1.54) is 30.4 Å². The van der Waals surface area contributed by atoms with Crippen molar-refractivity contribution in [2.75, 3.05) is 6.54 Å². The van der Waals surface area contributed by atoms with Crippen LogP contribution in [0.4, 0.5) is 4.39 Å². The van der Waals surface area contributed by atoms with Crippen molar-refractivity contribution in [2.45, 2.75) is 80.1 Å². The van der Waals surface area contributed by atoms with E-state index in [2.05, 4.69) is 32.7 Å². The number of aliphatic imine (C=N–C) groups is 1. The van der Waals surface area contributed by atoms with E-state index in [1.54, 1.807) is 6.08 Å². The third-order valence-corrected chi connectivity index (χ3v) is 5.23. The highest BCUT2D eigenvalue weighted by atomic mass is 19.1. The predicted molar refractivity (Wildman–Crippen MR) is 119 cm³/mol. The molecule has 0 radical (unpaired) electrons. The molecule has 150 valence electrons. The Morgan fingerprint density at radius 3 is 2.59 bits per heavy atom. The number of nitrogens with zero attached hydrogens (tertiary/aromatic N) is 1. The molecule has 1 nitrogen and oxygen atoms in total. The highest BCUT2D eigenvalue weighted by molar-refractivity contribution is 5.72. The maximum absolute atomic E-state index is 14.7. The number of hydrogen-bond donors (Lipinski definition) is 0. The van der Waals surface area contributed by atoms with Gasteiger partial charge < -0.3 is 0 Å². The van der Waals surface area contributed by atoms with Gasteiger partial charge in [0.25, 0.3) is 0 Å². The molecule has 0 spiro atoms. The molecule has 0 aromatic carbocycles. The van der Waals surface area contributed by atoms with E-state index >= 15 is 0 Å². The Hall–Kier alpha value is -1.70. The monoisotopic (exact) mass is 371 g/mol. The van der Waals surface area contributed by atoms with E-state index in [0.29, 0.717) is 5.57 Å². The average Bonchev–Trinajstić information content (AvgIpc) is 2.60. The van der Waals surface area contributed by atoms with Gasteiger partial charge in [-0.05, 0) is 80.7 Å². The zero-order valence-corrected chi connectivity index (χ0v) is 18.2. The molecule has 0 fully saturated rings. The van der Waals surface area contributed by atoms with Crippen LogP contribution in [-0.4, -0.2) is 12.8 Å². The molecule has 0 saturated heterocycles. The molecule has 0 amide bonds. The van der Waals surface area contributed by atoms with Crippen LogP contribution in [0.3, 0.4) is 0 Å². The zero-order chi connectivity index (χ0) is 20.3. The van der Waals surface area contributed by atoms with Crippen molar-refractivity contribution in [3.63, 3.8) is 0 Å². The van der Waals surface area contributed by atoms with Crippen LogP contribution in [0.15, 0.2) is 63.5 Å². The Balaban J connectivity index is 2.71. The van der Waals surface area contributed by atoms with Crippen molar-refractivity contribution < 1.29 is 4.39 Å². The fourth-order valence-corrected chi connectivity index (χ4v) is 3.38. The molecule has 0 aromatic heterocycles. The molecule has 27 heavy (non-hydrogen) atoms. The highest BCUT2D eigenvalue weighted by Gasteiger charge is 2.27. The molecular weight excluding hydrogens is 333 g/mol. The standard InChI is InChI=1S/C25H38FN/c1-7-8-9-17-27-18-15-20(2)12-10-13-22(4)24(26)19-23-21(3)14-11-16-25(23,5)6/h10,12-13,15,18-19H,7-9,11,14,16-17H2,1-6H3/b12-10+,20-15+,22-13-,24-19+,27-18?. The Morgan fingerprint density at radius 1 is 1.19 bits per heavy atom. The third kappa shape index (κ3) is 8.69. The maximum Gasteiger partial charge on any atom is 0.126 e. The van der Waals surface area contributed by atoms with Crippen LogP contribution in [-0.2, 0) is 0 Å². The minimum Gasteiger partial charge on any atom is -0.293 e. The fourth-order valence-electron chi connectivity index (χ4n) is 3.38. The van der Waals surface area contributed by atoms with Gasteiger partial charge in [0.05, 0.1) is 0 Å². The van der Waals surface area contributed by atoms with Crippen molar-refractivity contribution in [3.8, 4) is 0 Å². The largest absolute Gasteiger partial charge is 0.293 e. The van der Waals surface area contributed by atoms with Gasteiger partial charge in [-0.1, -0.05) is 57.4 Å². The summed E-state index contributed by atoms with van der Waals surface area (Å²) in [4.78, 5) is 4.38. The zero-order valence-electron chi connectivity index (χ0n) is 18.2. The van der Waals surface area contributed by atoms with Crippen LogP contribution in [0, 0.1) is 5.41 Å². The second-order valence-electron chi connectivity index (χ2n) is 8.31. The summed E-state index contributed by atoms with van der Waals surface area (Å²) in [7, 11) is 0. The van der Waals surface area contributed by atoms with E-state index < -0.39 is 0 Å². The number of allylic oxidation sites excluding steroid dienone is 10. The van der Waals surface area contributed by atoms with E-state index in [0.717, 1.165) is 31.4 Å². The second-order valence-corrected chi connectivity index (χ2v) is 8.31. The topological polar surface area (TPSA) is 12.4 Å². The molecule has 0 saturated carbocycles. The second kappa shape index (κ2) is 11.9. The van der Waals surface area contributed by atoms with Gasteiger partial charge in [0.1, 0.15) is 5.83 Å². The minimum atomic E-state index is -0.136. The van der Waals surface area contributed by atoms with Crippen LogP contribution >= 0.6 is 0 Å². The Bertz CT molecular complexity index is 654. The van der Waals surface area contributed by atoms with Crippen molar-refractivity contribution in [3.05, 3.63) is 58.5 Å². The first kappa shape index (κ1) is 23.3. The van der Waals surface area contributed by atoms with Gasteiger partial charge in [-0.3, -0.25) is 4.99 Å².